The van der Waals surface area contributed by atoms with Crippen LogP contribution in [0.5, 0.6) is 0 Å². The van der Waals surface area contributed by atoms with Gasteiger partial charge in [-0.15, -0.1) is 0 Å². The molecular formula is C13H21FN2. The van der Waals surface area contributed by atoms with Gasteiger partial charge < -0.3 is 10.6 Å². The Labute approximate surface area is 97.3 Å². The van der Waals surface area contributed by atoms with Crippen molar-refractivity contribution >= 4 is 5.69 Å². The average molecular weight is 224 g/mol. The van der Waals surface area contributed by atoms with E-state index in [9.17, 15) is 4.39 Å². The Hall–Kier alpha value is -1.09. The van der Waals surface area contributed by atoms with Crippen molar-refractivity contribution in [2.24, 2.45) is 11.7 Å². The maximum absolute atomic E-state index is 13.1. The molecule has 16 heavy (non-hydrogen) atoms. The highest BCUT2D eigenvalue weighted by atomic mass is 19.1. The summed E-state index contributed by atoms with van der Waals surface area (Å²) >= 11 is 0. The molecule has 0 heterocycles. The lowest BCUT2D eigenvalue weighted by Crippen LogP contribution is -2.42. The number of benzene rings is 1. The van der Waals surface area contributed by atoms with Gasteiger partial charge in [0.2, 0.25) is 0 Å². The Bertz CT molecular complexity index is 327. The molecule has 1 aromatic rings. The van der Waals surface area contributed by atoms with Crippen molar-refractivity contribution in [3.63, 3.8) is 0 Å². The molecule has 1 rings (SSSR count). The smallest absolute Gasteiger partial charge is 0.125 e. The van der Waals surface area contributed by atoms with Gasteiger partial charge in [-0.1, -0.05) is 26.3 Å². The van der Waals surface area contributed by atoms with Gasteiger partial charge in [-0.3, -0.25) is 0 Å². The lowest BCUT2D eigenvalue weighted by atomic mass is 9.97. The number of nitrogens with two attached hydrogens (primary N) is 1. The first-order chi connectivity index (χ1) is 7.60. The highest BCUT2D eigenvalue weighted by Gasteiger charge is 2.19. The lowest BCUT2D eigenvalue weighted by molar-refractivity contribution is 0.433. The maximum atomic E-state index is 13.1. The minimum Gasteiger partial charge on any atom is -0.370 e. The molecule has 1 aromatic carbocycles. The monoisotopic (exact) mass is 224 g/mol. The molecule has 0 aromatic heterocycles. The van der Waals surface area contributed by atoms with Crippen LogP contribution in [0.2, 0.25) is 0 Å². The second-order valence-corrected chi connectivity index (χ2v) is 4.28. The van der Waals surface area contributed by atoms with E-state index >= 15 is 0 Å². The van der Waals surface area contributed by atoms with Crippen LogP contribution in [-0.2, 0) is 0 Å². The first-order valence-corrected chi connectivity index (χ1v) is 5.78. The fourth-order valence-electron chi connectivity index (χ4n) is 1.93. The summed E-state index contributed by atoms with van der Waals surface area (Å²) in [6.07, 6.45) is 1.07. The summed E-state index contributed by atoms with van der Waals surface area (Å²) in [6, 6.07) is 6.90. The van der Waals surface area contributed by atoms with Gasteiger partial charge in [0.05, 0.1) is 0 Å². The summed E-state index contributed by atoms with van der Waals surface area (Å²) in [5.74, 6) is 0.294. The fourth-order valence-corrected chi connectivity index (χ4v) is 1.93. The van der Waals surface area contributed by atoms with E-state index in [0.29, 0.717) is 12.5 Å². The van der Waals surface area contributed by atoms with Crippen molar-refractivity contribution in [2.75, 3.05) is 18.5 Å². The summed E-state index contributed by atoms with van der Waals surface area (Å²) in [5.41, 5.74) is 6.68. The average Bonchev–Trinajstić information content (AvgIpc) is 2.29. The van der Waals surface area contributed by atoms with Crippen LogP contribution in [0.4, 0.5) is 10.1 Å². The first-order valence-electron chi connectivity index (χ1n) is 5.78. The topological polar surface area (TPSA) is 29.3 Å². The molecule has 0 aliphatic rings. The zero-order valence-corrected chi connectivity index (χ0v) is 10.3. The van der Waals surface area contributed by atoms with Crippen molar-refractivity contribution in [1.82, 2.24) is 0 Å². The Balaban J connectivity index is 2.86. The number of anilines is 1. The van der Waals surface area contributed by atoms with E-state index < -0.39 is 0 Å². The minimum atomic E-state index is -0.204. The van der Waals surface area contributed by atoms with Crippen LogP contribution in [0.1, 0.15) is 20.3 Å². The standard InChI is InChI=1S/C13H21FN2/c1-4-10(2)13(9-15)16(3)12-7-5-6-11(14)8-12/h5-8,10,13H,4,9,15H2,1-3H3. The summed E-state index contributed by atoms with van der Waals surface area (Å²) in [5, 5.41) is 0. The van der Waals surface area contributed by atoms with Gasteiger partial charge >= 0.3 is 0 Å². The minimum absolute atomic E-state index is 0.204. The number of hydrogen-bond acceptors (Lipinski definition) is 2. The third kappa shape index (κ3) is 2.95. The van der Waals surface area contributed by atoms with Gasteiger partial charge in [-0.2, -0.15) is 0 Å². The molecular weight excluding hydrogens is 203 g/mol. The van der Waals surface area contributed by atoms with Crippen molar-refractivity contribution in [1.29, 1.82) is 0 Å². The molecule has 3 heteroatoms. The second kappa shape index (κ2) is 5.85. The summed E-state index contributed by atoms with van der Waals surface area (Å²) in [4.78, 5) is 2.07. The predicted octanol–water partition coefficient (Wildman–Crippen LogP) is 2.64. The number of halogens is 1. The van der Waals surface area contributed by atoms with Crippen molar-refractivity contribution in [3.8, 4) is 0 Å². The van der Waals surface area contributed by atoms with Crippen LogP contribution in [0.25, 0.3) is 0 Å². The highest BCUT2D eigenvalue weighted by molar-refractivity contribution is 5.46. The molecule has 0 spiro atoms. The first kappa shape index (κ1) is 13.0. The normalized spacial score (nSPS) is 14.6. The number of hydrogen-bond donors (Lipinski definition) is 1. The molecule has 90 valence electrons. The summed E-state index contributed by atoms with van der Waals surface area (Å²) < 4.78 is 13.1. The molecule has 0 aliphatic heterocycles. The summed E-state index contributed by atoms with van der Waals surface area (Å²) in [6.45, 7) is 4.90. The molecule has 0 fully saturated rings. The number of rotatable bonds is 5. The zero-order valence-electron chi connectivity index (χ0n) is 10.3. The van der Waals surface area contributed by atoms with Gasteiger partial charge in [0.25, 0.3) is 0 Å². The van der Waals surface area contributed by atoms with Crippen molar-refractivity contribution < 1.29 is 4.39 Å². The van der Waals surface area contributed by atoms with Gasteiger partial charge in [-0.25, -0.2) is 4.39 Å². The second-order valence-electron chi connectivity index (χ2n) is 4.28. The Morgan fingerprint density at radius 3 is 2.62 bits per heavy atom. The Morgan fingerprint density at radius 1 is 1.44 bits per heavy atom. The fraction of sp³-hybridized carbons (Fsp3) is 0.538. The van der Waals surface area contributed by atoms with E-state index in [-0.39, 0.29) is 11.9 Å². The highest BCUT2D eigenvalue weighted by Crippen LogP contribution is 2.21. The van der Waals surface area contributed by atoms with Crippen LogP contribution >= 0.6 is 0 Å². The molecule has 2 nitrogen and oxygen atoms in total. The van der Waals surface area contributed by atoms with Gasteiger partial charge in [-0.05, 0) is 24.1 Å². The van der Waals surface area contributed by atoms with Gasteiger partial charge in [0.15, 0.2) is 0 Å². The molecule has 0 bridgehead atoms. The number of nitrogens with zero attached hydrogens (tertiary/aromatic N) is 1. The third-order valence-electron chi connectivity index (χ3n) is 3.26. The SMILES string of the molecule is CCC(C)C(CN)N(C)c1cccc(F)c1. The molecule has 2 unspecified atom stereocenters. The van der Waals surface area contributed by atoms with Gasteiger partial charge in [0, 0.05) is 25.3 Å². The predicted molar refractivity (Wildman–Crippen MR) is 67.1 cm³/mol. The van der Waals surface area contributed by atoms with E-state index in [1.165, 1.54) is 6.07 Å². The molecule has 2 N–H and O–H groups in total. The van der Waals surface area contributed by atoms with Gasteiger partial charge in [0.1, 0.15) is 5.82 Å². The van der Waals surface area contributed by atoms with Crippen molar-refractivity contribution in [3.05, 3.63) is 30.1 Å². The van der Waals surface area contributed by atoms with E-state index in [2.05, 4.69) is 18.7 Å². The zero-order chi connectivity index (χ0) is 12.1. The molecule has 0 saturated heterocycles. The maximum Gasteiger partial charge on any atom is 0.125 e. The Morgan fingerprint density at radius 2 is 2.12 bits per heavy atom. The molecule has 2 atom stereocenters. The Kier molecular flexibility index (Phi) is 4.74. The van der Waals surface area contributed by atoms with E-state index in [0.717, 1.165) is 12.1 Å². The third-order valence-corrected chi connectivity index (χ3v) is 3.26. The van der Waals surface area contributed by atoms with Crippen LogP contribution < -0.4 is 10.6 Å². The van der Waals surface area contributed by atoms with E-state index in [4.69, 9.17) is 5.73 Å². The molecule has 0 aliphatic carbocycles. The van der Waals surface area contributed by atoms with Crippen LogP contribution in [0.15, 0.2) is 24.3 Å². The van der Waals surface area contributed by atoms with E-state index in [1.807, 2.05) is 13.1 Å². The molecule has 0 amide bonds. The summed E-state index contributed by atoms with van der Waals surface area (Å²) in [7, 11) is 1.97. The molecule has 0 saturated carbocycles. The number of likely N-dealkylation sites (N-methyl/N-ethyl adjacent to an activating group) is 1. The van der Waals surface area contributed by atoms with Crippen LogP contribution in [0, 0.1) is 11.7 Å². The van der Waals surface area contributed by atoms with Crippen molar-refractivity contribution in [2.45, 2.75) is 26.3 Å². The largest absolute Gasteiger partial charge is 0.370 e. The van der Waals surface area contributed by atoms with E-state index in [1.54, 1.807) is 12.1 Å². The molecule has 0 radical (unpaired) electrons. The van der Waals surface area contributed by atoms with Crippen LogP contribution in [-0.4, -0.2) is 19.6 Å². The quantitative estimate of drug-likeness (QED) is 0.833. The van der Waals surface area contributed by atoms with Crippen LogP contribution in [0.3, 0.4) is 0 Å². The lowest BCUT2D eigenvalue weighted by Gasteiger charge is -2.33.